The fraction of sp³-hybridized carbons (Fsp3) is 0.500. The zero-order chi connectivity index (χ0) is 20.5. The van der Waals surface area contributed by atoms with Gasteiger partial charge in [-0.15, -0.1) is 0 Å². The Bertz CT molecular complexity index is 775. The second-order valence-electron chi connectivity index (χ2n) is 6.50. The number of unbranched alkanes of at least 4 members (excludes halogenated alkanes) is 2. The van der Waals surface area contributed by atoms with Crippen molar-refractivity contribution in [3.8, 4) is 11.3 Å². The number of aryl methyl sites for hydroxylation is 2. The van der Waals surface area contributed by atoms with E-state index in [2.05, 4.69) is 32.9 Å². The molecule has 10 nitrogen and oxygen atoms in total. The molecule has 0 aromatic carbocycles. The van der Waals surface area contributed by atoms with Crippen molar-refractivity contribution in [1.29, 1.82) is 0 Å². The first kappa shape index (κ1) is 21.3. The van der Waals surface area contributed by atoms with Crippen molar-refractivity contribution in [2.45, 2.75) is 46.5 Å². The van der Waals surface area contributed by atoms with E-state index in [1.165, 1.54) is 0 Å². The highest BCUT2D eigenvalue weighted by atomic mass is 16.5. The quantitative estimate of drug-likeness (QED) is 0.230. The fourth-order valence-corrected chi connectivity index (χ4v) is 2.84. The number of nitrogens with zero attached hydrogens (tertiary/aromatic N) is 4. The lowest BCUT2D eigenvalue weighted by Gasteiger charge is -2.19. The van der Waals surface area contributed by atoms with Gasteiger partial charge in [-0.3, -0.25) is 25.6 Å². The summed E-state index contributed by atoms with van der Waals surface area (Å²) in [6.07, 6.45) is 5.18. The lowest BCUT2D eigenvalue weighted by molar-refractivity contribution is -0.154. The second-order valence-corrected chi connectivity index (χ2v) is 6.50. The minimum absolute atomic E-state index is 0.0826. The molecule has 0 fully saturated rings. The Morgan fingerprint density at radius 2 is 2.18 bits per heavy atom. The van der Waals surface area contributed by atoms with E-state index in [9.17, 15) is 14.8 Å². The molecular formula is C18H26N6O4. The summed E-state index contributed by atoms with van der Waals surface area (Å²) in [5.74, 6) is -0.0724. The maximum absolute atomic E-state index is 12.5. The first-order valence-corrected chi connectivity index (χ1v) is 9.19. The van der Waals surface area contributed by atoms with Crippen LogP contribution in [0.5, 0.6) is 0 Å². The van der Waals surface area contributed by atoms with Crippen LogP contribution in [0, 0.1) is 19.8 Å². The molecule has 2 heterocycles. The summed E-state index contributed by atoms with van der Waals surface area (Å²) in [5, 5.41) is 13.8. The van der Waals surface area contributed by atoms with Crippen molar-refractivity contribution >= 4 is 18.3 Å². The highest BCUT2D eigenvalue weighted by Gasteiger charge is 2.21. The maximum Gasteiger partial charge on any atom is 0.243 e. The van der Waals surface area contributed by atoms with E-state index in [4.69, 9.17) is 4.52 Å². The molecule has 0 saturated heterocycles. The molecule has 2 aromatic heterocycles. The SMILES string of the molecule is CCCCC[C@@H](CN(O)C=O)C(=O)NNc1nccc(-c2c(C)noc2C)n1. The summed E-state index contributed by atoms with van der Waals surface area (Å²) in [4.78, 5) is 31.6. The van der Waals surface area contributed by atoms with Crippen molar-refractivity contribution < 1.29 is 19.3 Å². The van der Waals surface area contributed by atoms with Crippen molar-refractivity contribution in [2.24, 2.45) is 5.92 Å². The van der Waals surface area contributed by atoms with Gasteiger partial charge in [-0.1, -0.05) is 31.3 Å². The summed E-state index contributed by atoms with van der Waals surface area (Å²) in [7, 11) is 0. The third-order valence-electron chi connectivity index (χ3n) is 4.30. The minimum Gasteiger partial charge on any atom is -0.361 e. The number of hydrogen-bond acceptors (Lipinski definition) is 8. The molecule has 0 aliphatic carbocycles. The van der Waals surface area contributed by atoms with Gasteiger partial charge in [0.05, 0.1) is 29.4 Å². The van der Waals surface area contributed by atoms with E-state index in [1.807, 2.05) is 6.92 Å². The summed E-state index contributed by atoms with van der Waals surface area (Å²) in [6, 6.07) is 1.72. The van der Waals surface area contributed by atoms with Gasteiger partial charge in [-0.05, 0) is 26.3 Å². The molecule has 2 rings (SSSR count). The molecule has 152 valence electrons. The molecule has 1 atom stereocenters. The van der Waals surface area contributed by atoms with Gasteiger partial charge in [-0.25, -0.2) is 15.0 Å². The Hall–Kier alpha value is -3.01. The molecule has 0 aliphatic heterocycles. The largest absolute Gasteiger partial charge is 0.361 e. The number of nitrogens with one attached hydrogen (secondary N) is 2. The van der Waals surface area contributed by atoms with Crippen LogP contribution in [0.3, 0.4) is 0 Å². The van der Waals surface area contributed by atoms with E-state index in [0.29, 0.717) is 28.6 Å². The smallest absolute Gasteiger partial charge is 0.243 e. The summed E-state index contributed by atoms with van der Waals surface area (Å²) >= 11 is 0. The summed E-state index contributed by atoms with van der Waals surface area (Å²) in [6.45, 7) is 5.59. The number of hydroxylamine groups is 2. The van der Waals surface area contributed by atoms with Crippen LogP contribution in [-0.2, 0) is 9.59 Å². The number of aromatic nitrogens is 3. The van der Waals surface area contributed by atoms with Gasteiger partial charge in [-0.2, -0.15) is 0 Å². The van der Waals surface area contributed by atoms with Gasteiger partial charge in [0.1, 0.15) is 5.76 Å². The number of carbonyl (C=O) groups is 2. The van der Waals surface area contributed by atoms with Crippen LogP contribution in [0.15, 0.2) is 16.8 Å². The predicted molar refractivity (Wildman–Crippen MR) is 101 cm³/mol. The van der Waals surface area contributed by atoms with Gasteiger partial charge in [0.15, 0.2) is 0 Å². The molecule has 0 unspecified atom stereocenters. The number of hydrazine groups is 1. The van der Waals surface area contributed by atoms with E-state index >= 15 is 0 Å². The monoisotopic (exact) mass is 390 g/mol. The minimum atomic E-state index is -0.556. The third-order valence-corrected chi connectivity index (χ3v) is 4.30. The van der Waals surface area contributed by atoms with Crippen molar-refractivity contribution in [1.82, 2.24) is 25.6 Å². The van der Waals surface area contributed by atoms with Crippen molar-refractivity contribution in [2.75, 3.05) is 12.0 Å². The van der Waals surface area contributed by atoms with E-state index in [-0.39, 0.29) is 24.8 Å². The Balaban J connectivity index is 2.03. The number of carbonyl (C=O) groups excluding carboxylic acids is 2. The summed E-state index contributed by atoms with van der Waals surface area (Å²) in [5.41, 5.74) is 7.33. The van der Waals surface area contributed by atoms with Gasteiger partial charge >= 0.3 is 0 Å². The molecule has 0 bridgehead atoms. The standard InChI is InChI=1S/C18H26N6O4/c1-4-5-6-7-14(10-24(27)11-25)17(26)21-22-18-19-9-8-15(20-18)16-12(2)23-28-13(16)3/h8-9,11,14,27H,4-7,10H2,1-3H3,(H,21,26)(H,19,20,22)/t14-/m0/s1. The Morgan fingerprint density at radius 3 is 2.82 bits per heavy atom. The predicted octanol–water partition coefficient (Wildman–Crippen LogP) is 2.24. The average molecular weight is 390 g/mol. The molecule has 3 N–H and O–H groups in total. The number of hydrogen-bond donors (Lipinski definition) is 3. The molecule has 0 spiro atoms. The summed E-state index contributed by atoms with van der Waals surface area (Å²) < 4.78 is 5.16. The number of anilines is 1. The van der Waals surface area contributed by atoms with E-state index in [0.717, 1.165) is 24.8 Å². The Labute approximate surface area is 163 Å². The van der Waals surface area contributed by atoms with Gasteiger partial charge < -0.3 is 4.52 Å². The normalized spacial score (nSPS) is 11.7. The average Bonchev–Trinajstić information content (AvgIpc) is 3.03. The maximum atomic E-state index is 12.5. The van der Waals surface area contributed by atoms with Crippen LogP contribution in [0.4, 0.5) is 5.95 Å². The molecule has 2 amide bonds. The van der Waals surface area contributed by atoms with Crippen LogP contribution in [0.2, 0.25) is 0 Å². The van der Waals surface area contributed by atoms with Crippen LogP contribution < -0.4 is 10.9 Å². The van der Waals surface area contributed by atoms with Gasteiger partial charge in [0.25, 0.3) is 0 Å². The molecule has 0 aliphatic rings. The highest BCUT2D eigenvalue weighted by Crippen LogP contribution is 2.25. The first-order valence-electron chi connectivity index (χ1n) is 9.19. The van der Waals surface area contributed by atoms with Crippen LogP contribution >= 0.6 is 0 Å². The molecule has 0 radical (unpaired) electrons. The number of amides is 2. The van der Waals surface area contributed by atoms with Gasteiger partial charge in [0.2, 0.25) is 18.3 Å². The third kappa shape index (κ3) is 5.74. The Morgan fingerprint density at radius 1 is 1.39 bits per heavy atom. The van der Waals surface area contributed by atoms with Crippen molar-refractivity contribution in [3.63, 3.8) is 0 Å². The molecule has 10 heteroatoms. The molecule has 2 aromatic rings. The Kier molecular flexibility index (Phi) is 7.88. The zero-order valence-corrected chi connectivity index (χ0v) is 16.3. The van der Waals surface area contributed by atoms with Crippen LogP contribution in [-0.4, -0.2) is 44.3 Å². The van der Waals surface area contributed by atoms with E-state index < -0.39 is 5.92 Å². The highest BCUT2D eigenvalue weighted by molar-refractivity contribution is 5.80. The number of rotatable bonds is 11. The molecule has 0 saturated carbocycles. The van der Waals surface area contributed by atoms with E-state index in [1.54, 1.807) is 19.2 Å². The van der Waals surface area contributed by atoms with Crippen LogP contribution in [0.1, 0.15) is 44.1 Å². The molecular weight excluding hydrogens is 364 g/mol. The lowest BCUT2D eigenvalue weighted by Crippen LogP contribution is -2.40. The topological polar surface area (TPSA) is 133 Å². The lowest BCUT2D eigenvalue weighted by atomic mass is 10.0. The van der Waals surface area contributed by atoms with Gasteiger partial charge in [0, 0.05) is 6.20 Å². The fourth-order valence-electron chi connectivity index (χ4n) is 2.84. The second kappa shape index (κ2) is 10.4. The molecule has 28 heavy (non-hydrogen) atoms. The van der Waals surface area contributed by atoms with Crippen molar-refractivity contribution in [3.05, 3.63) is 23.7 Å². The zero-order valence-electron chi connectivity index (χ0n) is 16.3. The van der Waals surface area contributed by atoms with Crippen LogP contribution in [0.25, 0.3) is 11.3 Å². The first-order chi connectivity index (χ1) is 13.5.